The highest BCUT2D eigenvalue weighted by Gasteiger charge is 2.15. The van der Waals surface area contributed by atoms with Crippen molar-refractivity contribution in [3.63, 3.8) is 0 Å². The van der Waals surface area contributed by atoms with Crippen molar-refractivity contribution in [2.45, 2.75) is 13.3 Å². The van der Waals surface area contributed by atoms with Crippen molar-refractivity contribution in [3.05, 3.63) is 52.4 Å². The zero-order valence-corrected chi connectivity index (χ0v) is 11.9. The van der Waals surface area contributed by atoms with Gasteiger partial charge in [-0.2, -0.15) is 0 Å². The van der Waals surface area contributed by atoms with E-state index in [1.165, 1.54) is 24.4 Å². The van der Waals surface area contributed by atoms with Crippen LogP contribution in [0.2, 0.25) is 5.15 Å². The summed E-state index contributed by atoms with van der Waals surface area (Å²) in [6.45, 7) is 1.89. The van der Waals surface area contributed by atoms with E-state index in [0.29, 0.717) is 17.7 Å². The van der Waals surface area contributed by atoms with E-state index in [1.807, 2.05) is 6.92 Å². The number of nitrogens with zero attached hydrogens (tertiary/aromatic N) is 2. The molecular weight excluding hydrogens is 294 g/mol. The highest BCUT2D eigenvalue weighted by Crippen LogP contribution is 2.16. The van der Waals surface area contributed by atoms with Crippen LogP contribution in [0.15, 0.2) is 30.5 Å². The molecule has 0 unspecified atom stereocenters. The number of nitrogens with one attached hydrogen (secondary N) is 1. The molecule has 21 heavy (non-hydrogen) atoms. The molecule has 108 valence electrons. The van der Waals surface area contributed by atoms with Crippen LogP contribution in [0.3, 0.4) is 0 Å². The van der Waals surface area contributed by atoms with Crippen molar-refractivity contribution >= 4 is 29.3 Å². The number of hydrogen-bond donors (Lipinski definition) is 2. The van der Waals surface area contributed by atoms with Gasteiger partial charge in [-0.1, -0.05) is 18.5 Å². The zero-order chi connectivity index (χ0) is 15.4. The molecule has 0 fully saturated rings. The summed E-state index contributed by atoms with van der Waals surface area (Å²) >= 11 is 5.86. The van der Waals surface area contributed by atoms with Crippen molar-refractivity contribution in [2.24, 2.45) is 0 Å². The Morgan fingerprint density at radius 1 is 1.38 bits per heavy atom. The highest BCUT2D eigenvalue weighted by molar-refractivity contribution is 6.29. The first-order chi connectivity index (χ1) is 10.0. The molecule has 0 aliphatic heterocycles. The van der Waals surface area contributed by atoms with E-state index in [9.17, 15) is 9.59 Å². The summed E-state index contributed by atoms with van der Waals surface area (Å²) in [6.07, 6.45) is 2.03. The van der Waals surface area contributed by atoms with Crippen LogP contribution in [-0.4, -0.2) is 27.0 Å². The molecule has 0 aromatic carbocycles. The number of aryl methyl sites for hydroxylation is 1. The predicted octanol–water partition coefficient (Wildman–Crippen LogP) is 2.64. The fraction of sp³-hybridized carbons (Fsp3) is 0.143. The van der Waals surface area contributed by atoms with Gasteiger partial charge in [0.25, 0.3) is 5.91 Å². The van der Waals surface area contributed by atoms with Crippen LogP contribution in [0.1, 0.15) is 33.3 Å². The van der Waals surface area contributed by atoms with Gasteiger partial charge in [0, 0.05) is 17.5 Å². The predicted molar refractivity (Wildman–Crippen MR) is 77.8 cm³/mol. The van der Waals surface area contributed by atoms with Crippen LogP contribution in [0, 0.1) is 0 Å². The zero-order valence-electron chi connectivity index (χ0n) is 11.1. The monoisotopic (exact) mass is 305 g/mol. The molecule has 6 nitrogen and oxygen atoms in total. The minimum atomic E-state index is -1.17. The maximum atomic E-state index is 12.2. The van der Waals surface area contributed by atoms with Gasteiger partial charge in [-0.05, 0) is 30.7 Å². The van der Waals surface area contributed by atoms with Crippen molar-refractivity contribution in [2.75, 3.05) is 5.32 Å². The summed E-state index contributed by atoms with van der Waals surface area (Å²) in [5, 5.41) is 11.7. The van der Waals surface area contributed by atoms with Gasteiger partial charge in [0.2, 0.25) is 0 Å². The summed E-state index contributed by atoms with van der Waals surface area (Å²) < 4.78 is 0. The first-order valence-corrected chi connectivity index (χ1v) is 6.55. The van der Waals surface area contributed by atoms with Crippen LogP contribution >= 0.6 is 11.6 Å². The molecule has 0 radical (unpaired) electrons. The van der Waals surface area contributed by atoms with Crippen LogP contribution < -0.4 is 5.32 Å². The molecule has 0 saturated heterocycles. The van der Waals surface area contributed by atoms with Crippen LogP contribution in [-0.2, 0) is 6.42 Å². The Kier molecular flexibility index (Phi) is 4.49. The van der Waals surface area contributed by atoms with E-state index in [-0.39, 0.29) is 16.5 Å². The highest BCUT2D eigenvalue weighted by atomic mass is 35.5. The second-order valence-electron chi connectivity index (χ2n) is 4.18. The van der Waals surface area contributed by atoms with Gasteiger partial charge in [-0.3, -0.25) is 4.79 Å². The Morgan fingerprint density at radius 2 is 2.14 bits per heavy atom. The van der Waals surface area contributed by atoms with Crippen molar-refractivity contribution in [1.82, 2.24) is 9.97 Å². The van der Waals surface area contributed by atoms with E-state index >= 15 is 0 Å². The Labute approximate surface area is 125 Å². The third-order valence-electron chi connectivity index (χ3n) is 2.74. The van der Waals surface area contributed by atoms with E-state index in [0.717, 1.165) is 0 Å². The number of halogens is 1. The average molecular weight is 306 g/mol. The van der Waals surface area contributed by atoms with Gasteiger partial charge in [-0.15, -0.1) is 0 Å². The van der Waals surface area contributed by atoms with E-state index in [1.54, 1.807) is 6.07 Å². The van der Waals surface area contributed by atoms with Gasteiger partial charge in [0.05, 0.1) is 0 Å². The maximum Gasteiger partial charge on any atom is 0.339 e. The molecule has 2 rings (SSSR count). The lowest BCUT2D eigenvalue weighted by atomic mass is 10.2. The van der Waals surface area contributed by atoms with Gasteiger partial charge >= 0.3 is 5.97 Å². The lowest BCUT2D eigenvalue weighted by molar-refractivity contribution is 0.0697. The fourth-order valence-corrected chi connectivity index (χ4v) is 1.95. The van der Waals surface area contributed by atoms with Gasteiger partial charge in [-0.25, -0.2) is 14.8 Å². The topological polar surface area (TPSA) is 92.2 Å². The number of carboxylic acid groups (broad SMARTS) is 1. The first-order valence-electron chi connectivity index (χ1n) is 6.17. The minimum Gasteiger partial charge on any atom is -0.478 e. The fourth-order valence-electron chi connectivity index (χ4n) is 1.72. The molecule has 2 N–H and O–H groups in total. The van der Waals surface area contributed by atoms with Crippen LogP contribution in [0.4, 0.5) is 5.82 Å². The molecule has 0 aliphatic carbocycles. The minimum absolute atomic E-state index is 0.0130. The number of hydrogen-bond acceptors (Lipinski definition) is 4. The average Bonchev–Trinajstić information content (AvgIpc) is 2.46. The molecule has 7 heteroatoms. The smallest absolute Gasteiger partial charge is 0.339 e. The molecule has 0 atom stereocenters. The van der Waals surface area contributed by atoms with E-state index in [2.05, 4.69) is 15.3 Å². The number of aromatic nitrogens is 2. The molecule has 0 bridgehead atoms. The second-order valence-corrected chi connectivity index (χ2v) is 4.57. The summed E-state index contributed by atoms with van der Waals surface area (Å²) in [7, 11) is 0. The number of aromatic carboxylic acids is 1. The number of carboxylic acids is 1. The molecule has 1 amide bonds. The SMILES string of the molecule is CCc1cc(C(=O)Nc2ncccc2C(=O)O)cc(Cl)n1. The molecule has 0 saturated carbocycles. The summed E-state index contributed by atoms with van der Waals surface area (Å²) in [4.78, 5) is 31.2. The van der Waals surface area contributed by atoms with Gasteiger partial charge in [0.15, 0.2) is 0 Å². The number of amides is 1. The molecule has 0 spiro atoms. The molecule has 2 aromatic heterocycles. The Morgan fingerprint density at radius 3 is 2.81 bits per heavy atom. The van der Waals surface area contributed by atoms with Crippen molar-refractivity contribution in [3.8, 4) is 0 Å². The third kappa shape index (κ3) is 3.55. The molecule has 2 aromatic rings. The largest absolute Gasteiger partial charge is 0.478 e. The van der Waals surface area contributed by atoms with Gasteiger partial charge < -0.3 is 10.4 Å². The maximum absolute atomic E-state index is 12.2. The molecular formula is C14H12ClN3O3. The third-order valence-corrected chi connectivity index (χ3v) is 2.94. The van der Waals surface area contributed by atoms with Crippen LogP contribution in [0.5, 0.6) is 0 Å². The Bertz CT molecular complexity index is 704. The van der Waals surface area contributed by atoms with Crippen molar-refractivity contribution in [1.29, 1.82) is 0 Å². The number of pyridine rings is 2. The lowest BCUT2D eigenvalue weighted by Crippen LogP contribution is -2.16. The summed E-state index contributed by atoms with van der Waals surface area (Å²) in [5.41, 5.74) is 0.891. The standard InChI is InChI=1S/C14H12ClN3O3/c1-2-9-6-8(7-11(15)17-9)13(19)18-12-10(14(20)21)4-3-5-16-12/h3-7H,2H2,1H3,(H,20,21)(H,16,18,19). The lowest BCUT2D eigenvalue weighted by Gasteiger charge is -2.08. The number of rotatable bonds is 4. The number of anilines is 1. The molecule has 2 heterocycles. The summed E-state index contributed by atoms with van der Waals surface area (Å²) in [6, 6.07) is 5.86. The quantitative estimate of drug-likeness (QED) is 0.847. The normalized spacial score (nSPS) is 10.2. The summed E-state index contributed by atoms with van der Waals surface area (Å²) in [5.74, 6) is -1.67. The van der Waals surface area contributed by atoms with E-state index in [4.69, 9.17) is 16.7 Å². The number of carbonyl (C=O) groups excluding carboxylic acids is 1. The van der Waals surface area contributed by atoms with E-state index < -0.39 is 11.9 Å². The first kappa shape index (κ1) is 14.9. The number of carbonyl (C=O) groups is 2. The van der Waals surface area contributed by atoms with Crippen molar-refractivity contribution < 1.29 is 14.7 Å². The Hall–Kier alpha value is -2.47. The Balaban J connectivity index is 2.30. The molecule has 0 aliphatic rings. The van der Waals surface area contributed by atoms with Gasteiger partial charge in [0.1, 0.15) is 16.5 Å². The second kappa shape index (κ2) is 6.32. The van der Waals surface area contributed by atoms with Crippen LogP contribution in [0.25, 0.3) is 0 Å².